The molecule has 0 fully saturated rings. The largest absolute Gasteiger partial charge is 0.449 e. The average molecular weight is 400 g/mol. The summed E-state index contributed by atoms with van der Waals surface area (Å²) in [6.07, 6.45) is 0. The number of rotatable bonds is 8. The molecule has 0 spiro atoms. The molecule has 26 heavy (non-hydrogen) atoms. The predicted molar refractivity (Wildman–Crippen MR) is 98.4 cm³/mol. The van der Waals surface area contributed by atoms with Crippen LogP contribution in [0.1, 0.15) is 0 Å². The second kappa shape index (κ2) is 8.45. The fraction of sp³-hybridized carbons (Fsp3) is 0.250. The van der Waals surface area contributed by atoms with Crippen molar-refractivity contribution in [3.8, 4) is 11.5 Å². The van der Waals surface area contributed by atoms with E-state index in [4.69, 9.17) is 16.3 Å². The van der Waals surface area contributed by atoms with E-state index in [0.717, 1.165) is 6.07 Å². The molecule has 0 bridgehead atoms. The van der Waals surface area contributed by atoms with E-state index in [1.165, 1.54) is 12.1 Å². The van der Waals surface area contributed by atoms with Crippen LogP contribution >= 0.6 is 11.6 Å². The Morgan fingerprint density at radius 2 is 1.88 bits per heavy atom. The Labute approximate surface area is 156 Å². The summed E-state index contributed by atoms with van der Waals surface area (Å²) in [7, 11) is -0.261. The molecule has 0 saturated heterocycles. The van der Waals surface area contributed by atoms with Gasteiger partial charge in [-0.3, -0.25) is 10.1 Å². The summed E-state index contributed by atoms with van der Waals surface area (Å²) < 4.78 is 32.5. The number of nitrogens with one attached hydrogen (secondary N) is 1. The van der Waals surface area contributed by atoms with E-state index in [9.17, 15) is 18.5 Å². The standard InChI is InChI=1S/C16H18ClN3O5S/c1-19(2)10-9-18-26(23,24)12-7-8-16(14(11-12)20(21)22)25-15-6-4-3-5-13(15)17/h3-8,11,18H,9-10H2,1-2H3. The van der Waals surface area contributed by atoms with Crippen molar-refractivity contribution >= 4 is 27.3 Å². The van der Waals surface area contributed by atoms with Gasteiger partial charge in [-0.05, 0) is 38.4 Å². The maximum Gasteiger partial charge on any atom is 0.312 e. The molecule has 2 aromatic carbocycles. The summed E-state index contributed by atoms with van der Waals surface area (Å²) in [5.41, 5.74) is -0.472. The third-order valence-electron chi connectivity index (χ3n) is 3.35. The van der Waals surface area contributed by atoms with Crippen molar-refractivity contribution in [3.63, 3.8) is 0 Å². The number of nitro groups is 1. The predicted octanol–water partition coefficient (Wildman–Crippen LogP) is 2.88. The van der Waals surface area contributed by atoms with Gasteiger partial charge in [0.05, 0.1) is 14.8 Å². The van der Waals surface area contributed by atoms with Gasteiger partial charge in [0, 0.05) is 19.2 Å². The molecule has 0 aliphatic rings. The summed E-state index contributed by atoms with van der Waals surface area (Å²) in [6, 6.07) is 9.94. The normalized spacial score (nSPS) is 11.5. The lowest BCUT2D eigenvalue weighted by molar-refractivity contribution is -0.385. The summed E-state index contributed by atoms with van der Waals surface area (Å²) >= 11 is 5.99. The SMILES string of the molecule is CN(C)CCNS(=O)(=O)c1ccc(Oc2ccccc2Cl)c([N+](=O)[O-])c1. The highest BCUT2D eigenvalue weighted by Gasteiger charge is 2.23. The van der Waals surface area contributed by atoms with Crippen LogP contribution in [-0.2, 0) is 10.0 Å². The van der Waals surface area contributed by atoms with Gasteiger partial charge in [0.2, 0.25) is 15.8 Å². The van der Waals surface area contributed by atoms with Crippen LogP contribution in [0.25, 0.3) is 0 Å². The molecule has 0 aromatic heterocycles. The van der Waals surface area contributed by atoms with E-state index in [1.807, 2.05) is 4.90 Å². The van der Waals surface area contributed by atoms with Crippen molar-refractivity contribution < 1.29 is 18.1 Å². The summed E-state index contributed by atoms with van der Waals surface area (Å²) in [5, 5.41) is 11.6. The third-order valence-corrected chi connectivity index (χ3v) is 5.12. The second-order valence-electron chi connectivity index (χ2n) is 5.62. The molecule has 8 nitrogen and oxygen atoms in total. The summed E-state index contributed by atoms with van der Waals surface area (Å²) in [5.74, 6) is 0.132. The molecule has 0 aliphatic carbocycles. The highest BCUT2D eigenvalue weighted by molar-refractivity contribution is 7.89. The highest BCUT2D eigenvalue weighted by Crippen LogP contribution is 2.36. The first kappa shape index (κ1) is 20.1. The Bertz CT molecular complexity index is 903. The molecule has 0 saturated carbocycles. The molecule has 2 aromatic rings. The fourth-order valence-corrected chi connectivity index (χ4v) is 3.24. The summed E-state index contributed by atoms with van der Waals surface area (Å²) in [4.78, 5) is 12.2. The van der Waals surface area contributed by atoms with E-state index >= 15 is 0 Å². The molecule has 140 valence electrons. The van der Waals surface area contributed by atoms with Gasteiger partial charge in [-0.2, -0.15) is 0 Å². The van der Waals surface area contributed by atoms with Crippen molar-refractivity contribution in [2.24, 2.45) is 0 Å². The molecule has 0 unspecified atom stereocenters. The van der Waals surface area contributed by atoms with Crippen molar-refractivity contribution in [1.82, 2.24) is 9.62 Å². The smallest absolute Gasteiger partial charge is 0.312 e. The van der Waals surface area contributed by atoms with E-state index in [0.29, 0.717) is 6.54 Å². The van der Waals surface area contributed by atoms with Crippen molar-refractivity contribution in [1.29, 1.82) is 0 Å². The van der Waals surface area contributed by atoms with E-state index < -0.39 is 20.6 Å². The van der Waals surface area contributed by atoms with Crippen LogP contribution in [0.5, 0.6) is 11.5 Å². The fourth-order valence-electron chi connectivity index (χ4n) is 2.03. The van der Waals surface area contributed by atoms with Crippen LogP contribution in [0.3, 0.4) is 0 Å². The van der Waals surface area contributed by atoms with Crippen LogP contribution in [0.15, 0.2) is 47.4 Å². The highest BCUT2D eigenvalue weighted by atomic mass is 35.5. The first-order valence-corrected chi connectivity index (χ1v) is 9.42. The number of para-hydroxylation sites is 1. The number of hydrogen-bond donors (Lipinski definition) is 1. The number of nitrogens with zero attached hydrogens (tertiary/aromatic N) is 2. The van der Waals surface area contributed by atoms with Gasteiger partial charge in [0.15, 0.2) is 0 Å². The van der Waals surface area contributed by atoms with Crippen LogP contribution in [0.2, 0.25) is 5.02 Å². The molecule has 2 rings (SSSR count). The number of sulfonamides is 1. The minimum absolute atomic E-state index is 0.102. The molecular weight excluding hydrogens is 382 g/mol. The minimum Gasteiger partial charge on any atom is -0.449 e. The van der Waals surface area contributed by atoms with Crippen molar-refractivity contribution in [3.05, 3.63) is 57.6 Å². The lowest BCUT2D eigenvalue weighted by atomic mass is 10.3. The van der Waals surface area contributed by atoms with Gasteiger partial charge in [-0.25, -0.2) is 13.1 Å². The zero-order valence-electron chi connectivity index (χ0n) is 14.2. The zero-order valence-corrected chi connectivity index (χ0v) is 15.7. The van der Waals surface area contributed by atoms with E-state index in [-0.39, 0.29) is 28.0 Å². The summed E-state index contributed by atoms with van der Waals surface area (Å²) in [6.45, 7) is 0.677. The minimum atomic E-state index is -3.87. The van der Waals surface area contributed by atoms with Crippen LogP contribution in [0, 0.1) is 10.1 Å². The Morgan fingerprint density at radius 3 is 2.50 bits per heavy atom. The number of nitro benzene ring substituents is 1. The van der Waals surface area contributed by atoms with Crippen molar-refractivity contribution in [2.75, 3.05) is 27.2 Å². The molecule has 1 N–H and O–H groups in total. The molecule has 0 heterocycles. The first-order chi connectivity index (χ1) is 12.2. The van der Waals surface area contributed by atoms with Gasteiger partial charge in [-0.15, -0.1) is 0 Å². The van der Waals surface area contributed by atoms with Gasteiger partial charge in [0.25, 0.3) is 0 Å². The average Bonchev–Trinajstić information content (AvgIpc) is 2.56. The maximum atomic E-state index is 12.3. The molecule has 0 atom stereocenters. The van der Waals surface area contributed by atoms with Gasteiger partial charge >= 0.3 is 5.69 Å². The monoisotopic (exact) mass is 399 g/mol. The number of ether oxygens (including phenoxy) is 1. The second-order valence-corrected chi connectivity index (χ2v) is 7.79. The third kappa shape index (κ3) is 5.15. The Balaban J connectivity index is 2.31. The lowest BCUT2D eigenvalue weighted by Crippen LogP contribution is -2.31. The van der Waals surface area contributed by atoms with Crippen LogP contribution in [0.4, 0.5) is 5.69 Å². The Morgan fingerprint density at radius 1 is 1.19 bits per heavy atom. The Hall–Kier alpha value is -2.20. The van der Waals surface area contributed by atoms with Crippen LogP contribution < -0.4 is 9.46 Å². The van der Waals surface area contributed by atoms with E-state index in [1.54, 1.807) is 38.4 Å². The van der Waals surface area contributed by atoms with E-state index in [2.05, 4.69) is 4.72 Å². The number of benzene rings is 2. The number of halogens is 1. The molecule has 0 radical (unpaired) electrons. The molecular formula is C16H18ClN3O5S. The molecule has 0 amide bonds. The zero-order chi connectivity index (χ0) is 19.3. The number of likely N-dealkylation sites (N-methyl/N-ethyl adjacent to an activating group) is 1. The van der Waals surface area contributed by atoms with Crippen LogP contribution in [-0.4, -0.2) is 45.4 Å². The van der Waals surface area contributed by atoms with Crippen molar-refractivity contribution in [2.45, 2.75) is 4.90 Å². The maximum absolute atomic E-state index is 12.3. The van der Waals surface area contributed by atoms with Gasteiger partial charge in [-0.1, -0.05) is 23.7 Å². The lowest BCUT2D eigenvalue weighted by Gasteiger charge is -2.12. The number of hydrogen-bond acceptors (Lipinski definition) is 6. The molecule has 0 aliphatic heterocycles. The molecule has 10 heteroatoms. The quantitative estimate of drug-likeness (QED) is 0.541. The van der Waals surface area contributed by atoms with Gasteiger partial charge < -0.3 is 9.64 Å². The first-order valence-electron chi connectivity index (χ1n) is 7.56. The topological polar surface area (TPSA) is 102 Å². The Kier molecular flexibility index (Phi) is 6.54. The van der Waals surface area contributed by atoms with Gasteiger partial charge in [0.1, 0.15) is 5.75 Å².